The number of hydrogen-bond acceptors (Lipinski definition) is 5. The third kappa shape index (κ3) is 2.77. The first-order valence-corrected chi connectivity index (χ1v) is 7.36. The smallest absolute Gasteiger partial charge is 0.437 e. The van der Waals surface area contributed by atoms with Crippen molar-refractivity contribution in [3.05, 3.63) is 45.6 Å². The zero-order chi connectivity index (χ0) is 16.8. The standard InChI is InChI=1S/C15H11F2NO4S/c1-7-13(14(19)20)10-5-9(3-4-11(10)21-7)22-15(16,17)12-6-18-8(2)23-12/h3-6H,1-2H3,(H,19,20). The van der Waals surface area contributed by atoms with Crippen molar-refractivity contribution in [3.63, 3.8) is 0 Å². The van der Waals surface area contributed by atoms with Crippen LogP contribution in [-0.4, -0.2) is 16.1 Å². The number of ether oxygens (including phenoxy) is 1. The van der Waals surface area contributed by atoms with E-state index in [9.17, 15) is 18.7 Å². The molecule has 8 heteroatoms. The number of benzene rings is 1. The maximum absolute atomic E-state index is 14.1. The van der Waals surface area contributed by atoms with Crippen LogP contribution >= 0.6 is 11.3 Å². The number of aryl methyl sites for hydroxylation is 2. The minimum Gasteiger partial charge on any atom is -0.478 e. The van der Waals surface area contributed by atoms with Gasteiger partial charge in [-0.05, 0) is 32.0 Å². The summed E-state index contributed by atoms with van der Waals surface area (Å²) in [6.45, 7) is 3.11. The first-order valence-electron chi connectivity index (χ1n) is 6.54. The summed E-state index contributed by atoms with van der Waals surface area (Å²) in [5.41, 5.74) is 0.228. The number of thiazole rings is 1. The molecule has 23 heavy (non-hydrogen) atoms. The van der Waals surface area contributed by atoms with E-state index < -0.39 is 12.1 Å². The van der Waals surface area contributed by atoms with Crippen molar-refractivity contribution in [2.24, 2.45) is 0 Å². The molecule has 5 nitrogen and oxygen atoms in total. The SMILES string of the molecule is Cc1ncc(C(F)(F)Oc2ccc3oc(C)c(C(=O)O)c3c2)s1. The third-order valence-corrected chi connectivity index (χ3v) is 4.17. The number of furan rings is 1. The van der Waals surface area contributed by atoms with E-state index in [0.29, 0.717) is 10.6 Å². The van der Waals surface area contributed by atoms with Crippen molar-refractivity contribution in [2.45, 2.75) is 20.0 Å². The fourth-order valence-electron chi connectivity index (χ4n) is 2.22. The van der Waals surface area contributed by atoms with E-state index in [4.69, 9.17) is 9.15 Å². The summed E-state index contributed by atoms with van der Waals surface area (Å²) in [5, 5.41) is 9.91. The Labute approximate surface area is 133 Å². The molecule has 0 saturated carbocycles. The number of fused-ring (bicyclic) bond motifs is 1. The fourth-order valence-corrected chi connectivity index (χ4v) is 2.91. The molecular formula is C15H11F2NO4S. The van der Waals surface area contributed by atoms with Crippen molar-refractivity contribution in [1.29, 1.82) is 0 Å². The lowest BCUT2D eigenvalue weighted by Gasteiger charge is -2.16. The zero-order valence-corrected chi connectivity index (χ0v) is 12.9. The van der Waals surface area contributed by atoms with Gasteiger partial charge in [0.25, 0.3) is 0 Å². The topological polar surface area (TPSA) is 72.6 Å². The Morgan fingerprint density at radius 1 is 1.39 bits per heavy atom. The van der Waals surface area contributed by atoms with Crippen LogP contribution in [0.4, 0.5) is 8.78 Å². The summed E-state index contributed by atoms with van der Waals surface area (Å²) >= 11 is 0.831. The Hall–Kier alpha value is -2.48. The zero-order valence-electron chi connectivity index (χ0n) is 12.1. The lowest BCUT2D eigenvalue weighted by molar-refractivity contribution is -0.182. The molecule has 0 radical (unpaired) electrons. The molecule has 2 heterocycles. The van der Waals surface area contributed by atoms with Gasteiger partial charge in [-0.15, -0.1) is 11.3 Å². The maximum Gasteiger partial charge on any atom is 0.437 e. The Morgan fingerprint density at radius 3 is 2.74 bits per heavy atom. The van der Waals surface area contributed by atoms with E-state index in [1.54, 1.807) is 6.92 Å². The molecule has 120 valence electrons. The molecule has 0 atom stereocenters. The normalized spacial score (nSPS) is 11.8. The fraction of sp³-hybridized carbons (Fsp3) is 0.200. The molecule has 3 rings (SSSR count). The van der Waals surface area contributed by atoms with Gasteiger partial charge in [0.1, 0.15) is 27.5 Å². The Bertz CT molecular complexity index is 900. The number of aromatic nitrogens is 1. The highest BCUT2D eigenvalue weighted by Crippen LogP contribution is 2.36. The van der Waals surface area contributed by atoms with Crippen LogP contribution in [0, 0.1) is 13.8 Å². The average Bonchev–Trinajstić information content (AvgIpc) is 3.01. The van der Waals surface area contributed by atoms with Crippen LogP contribution in [0.3, 0.4) is 0 Å². The number of hydrogen-bond donors (Lipinski definition) is 1. The number of rotatable bonds is 4. The summed E-state index contributed by atoms with van der Waals surface area (Å²) in [5.74, 6) is -1.14. The second kappa shape index (κ2) is 5.31. The average molecular weight is 339 g/mol. The highest BCUT2D eigenvalue weighted by Gasteiger charge is 2.37. The number of aromatic carboxylic acids is 1. The molecule has 1 aromatic carbocycles. The van der Waals surface area contributed by atoms with Gasteiger partial charge >= 0.3 is 12.1 Å². The minimum atomic E-state index is -3.55. The quantitative estimate of drug-likeness (QED) is 0.766. The van der Waals surface area contributed by atoms with Crippen molar-refractivity contribution in [1.82, 2.24) is 4.98 Å². The van der Waals surface area contributed by atoms with Crippen LogP contribution in [0.1, 0.15) is 26.0 Å². The number of carboxylic acids is 1. The Balaban J connectivity index is 2.00. The molecule has 3 aromatic rings. The predicted octanol–water partition coefficient (Wildman–Crippen LogP) is 4.33. The van der Waals surface area contributed by atoms with Crippen molar-refractivity contribution < 1.29 is 27.8 Å². The maximum atomic E-state index is 14.1. The lowest BCUT2D eigenvalue weighted by Crippen LogP contribution is -2.20. The van der Waals surface area contributed by atoms with Gasteiger partial charge < -0.3 is 14.3 Å². The van der Waals surface area contributed by atoms with Crippen LogP contribution < -0.4 is 4.74 Å². The van der Waals surface area contributed by atoms with Gasteiger partial charge in [0, 0.05) is 5.39 Å². The number of carboxylic acid groups (broad SMARTS) is 1. The summed E-state index contributed by atoms with van der Waals surface area (Å²) in [6, 6.07) is 3.94. The van der Waals surface area contributed by atoms with Crippen LogP contribution in [-0.2, 0) is 6.11 Å². The van der Waals surface area contributed by atoms with Crippen molar-refractivity contribution in [3.8, 4) is 5.75 Å². The first-order chi connectivity index (χ1) is 10.8. The monoisotopic (exact) mass is 339 g/mol. The predicted molar refractivity (Wildman–Crippen MR) is 79.3 cm³/mol. The van der Waals surface area contributed by atoms with Crippen molar-refractivity contribution in [2.75, 3.05) is 0 Å². The molecule has 0 unspecified atom stereocenters. The molecule has 0 aliphatic heterocycles. The number of alkyl halides is 2. The van der Waals surface area contributed by atoms with Crippen LogP contribution in [0.15, 0.2) is 28.8 Å². The molecule has 1 N–H and O–H groups in total. The van der Waals surface area contributed by atoms with Gasteiger partial charge in [-0.25, -0.2) is 9.78 Å². The highest BCUT2D eigenvalue weighted by atomic mass is 32.1. The van der Waals surface area contributed by atoms with E-state index >= 15 is 0 Å². The summed E-state index contributed by atoms with van der Waals surface area (Å²) in [6.07, 6.45) is -2.50. The molecule has 0 bridgehead atoms. The summed E-state index contributed by atoms with van der Waals surface area (Å²) < 4.78 is 38.3. The third-order valence-electron chi connectivity index (χ3n) is 3.20. The lowest BCUT2D eigenvalue weighted by atomic mass is 10.1. The van der Waals surface area contributed by atoms with Crippen LogP contribution in [0.2, 0.25) is 0 Å². The molecule has 0 fully saturated rings. The largest absolute Gasteiger partial charge is 0.478 e. The van der Waals surface area contributed by atoms with E-state index in [1.165, 1.54) is 25.1 Å². The molecule has 2 aromatic heterocycles. The number of halogens is 2. The van der Waals surface area contributed by atoms with Crippen LogP contribution in [0.5, 0.6) is 5.75 Å². The second-order valence-corrected chi connectivity index (χ2v) is 6.09. The van der Waals surface area contributed by atoms with E-state index in [-0.39, 0.29) is 27.3 Å². The van der Waals surface area contributed by atoms with E-state index in [2.05, 4.69) is 4.98 Å². The molecule has 0 spiro atoms. The minimum absolute atomic E-state index is 0.0672. The summed E-state index contributed by atoms with van der Waals surface area (Å²) in [4.78, 5) is 14.7. The Kier molecular flexibility index (Phi) is 3.56. The van der Waals surface area contributed by atoms with E-state index in [1.807, 2.05) is 0 Å². The van der Waals surface area contributed by atoms with Gasteiger partial charge in [0.2, 0.25) is 0 Å². The van der Waals surface area contributed by atoms with E-state index in [0.717, 1.165) is 17.5 Å². The van der Waals surface area contributed by atoms with Gasteiger partial charge in [-0.3, -0.25) is 0 Å². The molecule has 0 aliphatic carbocycles. The molecule has 0 aliphatic rings. The van der Waals surface area contributed by atoms with Crippen molar-refractivity contribution >= 4 is 28.3 Å². The van der Waals surface area contributed by atoms with Crippen LogP contribution in [0.25, 0.3) is 11.0 Å². The van der Waals surface area contributed by atoms with Gasteiger partial charge in [-0.2, -0.15) is 8.78 Å². The molecular weight excluding hydrogens is 328 g/mol. The first kappa shape index (κ1) is 15.4. The summed E-state index contributed by atoms with van der Waals surface area (Å²) in [7, 11) is 0. The van der Waals surface area contributed by atoms with Gasteiger partial charge in [0.15, 0.2) is 0 Å². The molecule has 0 saturated heterocycles. The number of nitrogens with zero attached hydrogens (tertiary/aromatic N) is 1. The Morgan fingerprint density at radius 2 is 2.13 bits per heavy atom. The van der Waals surface area contributed by atoms with Gasteiger partial charge in [-0.1, -0.05) is 0 Å². The second-order valence-electron chi connectivity index (χ2n) is 4.86. The molecule has 0 amide bonds. The number of carbonyl (C=O) groups is 1. The highest BCUT2D eigenvalue weighted by molar-refractivity contribution is 7.11. The van der Waals surface area contributed by atoms with Gasteiger partial charge in [0.05, 0.1) is 11.2 Å².